The molecule has 8 heteroatoms. The van der Waals surface area contributed by atoms with Gasteiger partial charge in [0.25, 0.3) is 5.91 Å². The number of aliphatic carboxylic acids is 1. The number of β-amino-alcohol motifs (C(OH)–C–C–N with tert-alkyl or cyclic N) is 1. The largest absolute Gasteiger partial charge is 0.480 e. The first-order chi connectivity index (χ1) is 9.51. The van der Waals surface area contributed by atoms with Gasteiger partial charge in [-0.1, -0.05) is 11.6 Å². The summed E-state index contributed by atoms with van der Waals surface area (Å²) in [6.07, 6.45) is 0.334. The minimum Gasteiger partial charge on any atom is -0.480 e. The van der Waals surface area contributed by atoms with E-state index in [0.29, 0.717) is 22.2 Å². The molecule has 0 aliphatic carbocycles. The van der Waals surface area contributed by atoms with E-state index < -0.39 is 12.0 Å². The maximum atomic E-state index is 12.0. The fourth-order valence-electron chi connectivity index (χ4n) is 2.33. The van der Waals surface area contributed by atoms with E-state index in [1.165, 1.54) is 11.3 Å². The summed E-state index contributed by atoms with van der Waals surface area (Å²) in [7, 11) is 0. The third-order valence-electron chi connectivity index (χ3n) is 3.21. The second kappa shape index (κ2) is 6.53. The third kappa shape index (κ3) is 3.49. The number of carbonyl (C=O) groups is 2. The Labute approximate surface area is 125 Å². The number of aliphatic hydroxyl groups is 1. The number of nitrogens with one attached hydrogen (secondary N) is 1. The minimum absolute atomic E-state index is 0.106. The number of thiophene rings is 1. The van der Waals surface area contributed by atoms with E-state index in [1.807, 2.05) is 0 Å². The van der Waals surface area contributed by atoms with E-state index in [2.05, 4.69) is 5.32 Å². The number of hydrogen-bond donors (Lipinski definition) is 3. The van der Waals surface area contributed by atoms with Crippen molar-refractivity contribution >= 4 is 34.8 Å². The zero-order valence-corrected chi connectivity index (χ0v) is 12.2. The van der Waals surface area contributed by atoms with Crippen molar-refractivity contribution in [2.75, 3.05) is 19.7 Å². The molecule has 2 rings (SSSR count). The van der Waals surface area contributed by atoms with Gasteiger partial charge < -0.3 is 15.5 Å². The Morgan fingerprint density at radius 2 is 2.25 bits per heavy atom. The predicted molar refractivity (Wildman–Crippen MR) is 75.3 cm³/mol. The van der Waals surface area contributed by atoms with Gasteiger partial charge in [0.1, 0.15) is 6.04 Å². The van der Waals surface area contributed by atoms with E-state index in [0.717, 1.165) is 0 Å². The SMILES string of the molecule is O=C(NC1C[C@@H](C(=O)O)N(CCO)C1)c1ccc(Cl)s1. The monoisotopic (exact) mass is 318 g/mol. The Hall–Kier alpha value is -1.15. The summed E-state index contributed by atoms with van der Waals surface area (Å²) in [5, 5.41) is 20.9. The Morgan fingerprint density at radius 1 is 1.50 bits per heavy atom. The predicted octanol–water partition coefficient (Wildman–Crippen LogP) is 0.651. The lowest BCUT2D eigenvalue weighted by Crippen LogP contribution is -2.39. The van der Waals surface area contributed by atoms with Crippen molar-refractivity contribution in [1.29, 1.82) is 0 Å². The average Bonchev–Trinajstić information content (AvgIpc) is 2.96. The molecule has 0 spiro atoms. The highest BCUT2D eigenvalue weighted by Crippen LogP contribution is 2.23. The van der Waals surface area contributed by atoms with Gasteiger partial charge in [0.05, 0.1) is 15.8 Å². The quantitative estimate of drug-likeness (QED) is 0.742. The van der Waals surface area contributed by atoms with Gasteiger partial charge in [-0.15, -0.1) is 11.3 Å². The summed E-state index contributed by atoms with van der Waals surface area (Å²) in [6.45, 7) is 0.599. The third-order valence-corrected chi connectivity index (χ3v) is 4.44. The first kappa shape index (κ1) is 15.2. The summed E-state index contributed by atoms with van der Waals surface area (Å²) in [4.78, 5) is 25.3. The first-order valence-electron chi connectivity index (χ1n) is 6.15. The van der Waals surface area contributed by atoms with Gasteiger partial charge in [0.2, 0.25) is 0 Å². The summed E-state index contributed by atoms with van der Waals surface area (Å²) in [6, 6.07) is 2.38. The molecule has 1 saturated heterocycles. The molecule has 1 aromatic heterocycles. The maximum absolute atomic E-state index is 12.0. The van der Waals surface area contributed by atoms with E-state index in [9.17, 15) is 9.59 Å². The topological polar surface area (TPSA) is 89.9 Å². The van der Waals surface area contributed by atoms with Crippen molar-refractivity contribution < 1.29 is 19.8 Å². The second-order valence-electron chi connectivity index (χ2n) is 4.58. The lowest BCUT2D eigenvalue weighted by molar-refractivity contribution is -0.142. The highest BCUT2D eigenvalue weighted by atomic mass is 35.5. The Bertz CT molecular complexity index is 507. The normalized spacial score (nSPS) is 22.9. The number of halogens is 1. The molecule has 1 aliphatic rings. The van der Waals surface area contributed by atoms with Gasteiger partial charge >= 0.3 is 5.97 Å². The summed E-state index contributed by atoms with van der Waals surface area (Å²) >= 11 is 6.96. The molecule has 2 heterocycles. The van der Waals surface area contributed by atoms with Crippen molar-refractivity contribution in [2.24, 2.45) is 0 Å². The molecule has 0 radical (unpaired) electrons. The fourth-order valence-corrected chi connectivity index (χ4v) is 3.28. The molecule has 1 amide bonds. The molecule has 2 atom stereocenters. The van der Waals surface area contributed by atoms with Crippen molar-refractivity contribution in [2.45, 2.75) is 18.5 Å². The van der Waals surface area contributed by atoms with Crippen molar-refractivity contribution in [3.05, 3.63) is 21.3 Å². The van der Waals surface area contributed by atoms with Crippen molar-refractivity contribution in [3.8, 4) is 0 Å². The number of carboxylic acids is 1. The number of nitrogens with zero attached hydrogens (tertiary/aromatic N) is 1. The number of carbonyl (C=O) groups excluding carboxylic acids is 1. The van der Waals surface area contributed by atoms with E-state index in [4.69, 9.17) is 21.8 Å². The van der Waals surface area contributed by atoms with Gasteiger partial charge in [-0.3, -0.25) is 14.5 Å². The van der Waals surface area contributed by atoms with Crippen LogP contribution in [0.15, 0.2) is 12.1 Å². The Morgan fingerprint density at radius 3 is 2.80 bits per heavy atom. The molecule has 0 bridgehead atoms. The van der Waals surface area contributed by atoms with E-state index >= 15 is 0 Å². The van der Waals surface area contributed by atoms with Crippen LogP contribution in [0.4, 0.5) is 0 Å². The van der Waals surface area contributed by atoms with Crippen molar-refractivity contribution in [1.82, 2.24) is 10.2 Å². The molecule has 1 unspecified atom stereocenters. The molecule has 110 valence electrons. The number of likely N-dealkylation sites (tertiary alicyclic amines) is 1. The van der Waals surface area contributed by atoms with Crippen LogP contribution >= 0.6 is 22.9 Å². The van der Waals surface area contributed by atoms with Crippen LogP contribution in [0.3, 0.4) is 0 Å². The van der Waals surface area contributed by atoms with Crippen LogP contribution in [-0.4, -0.2) is 58.8 Å². The highest BCUT2D eigenvalue weighted by Gasteiger charge is 2.37. The van der Waals surface area contributed by atoms with Gasteiger partial charge in [0.15, 0.2) is 0 Å². The van der Waals surface area contributed by atoms with Crippen LogP contribution < -0.4 is 5.32 Å². The molecule has 1 aliphatic heterocycles. The fraction of sp³-hybridized carbons (Fsp3) is 0.500. The maximum Gasteiger partial charge on any atom is 0.321 e. The van der Waals surface area contributed by atoms with Crippen LogP contribution in [0.25, 0.3) is 0 Å². The number of aliphatic hydroxyl groups excluding tert-OH is 1. The number of hydrogen-bond acceptors (Lipinski definition) is 5. The number of rotatable bonds is 5. The first-order valence-corrected chi connectivity index (χ1v) is 7.34. The zero-order valence-electron chi connectivity index (χ0n) is 10.6. The molecule has 6 nitrogen and oxygen atoms in total. The lowest BCUT2D eigenvalue weighted by atomic mass is 10.1. The minimum atomic E-state index is -0.936. The van der Waals surface area contributed by atoms with Gasteiger partial charge in [-0.05, 0) is 18.6 Å². The molecular formula is C12H15ClN2O4S. The molecule has 0 saturated carbocycles. The number of carboxylic acid groups (broad SMARTS) is 1. The second-order valence-corrected chi connectivity index (χ2v) is 6.30. The molecular weight excluding hydrogens is 304 g/mol. The van der Waals surface area contributed by atoms with Crippen LogP contribution in [0.2, 0.25) is 4.34 Å². The standard InChI is InChI=1S/C12H15ClN2O4S/c13-10-2-1-9(20-10)11(17)14-7-5-8(12(18)19)15(6-7)3-4-16/h1-2,7-8,16H,3-6H2,(H,14,17)(H,18,19)/t7?,8-/m0/s1. The van der Waals surface area contributed by atoms with Crippen LogP contribution in [0, 0.1) is 0 Å². The number of amides is 1. The zero-order chi connectivity index (χ0) is 14.7. The highest BCUT2D eigenvalue weighted by molar-refractivity contribution is 7.17. The van der Waals surface area contributed by atoms with Gasteiger partial charge in [0, 0.05) is 19.1 Å². The molecule has 3 N–H and O–H groups in total. The summed E-state index contributed by atoms with van der Waals surface area (Å²) in [5.74, 6) is -1.18. The molecule has 0 aromatic carbocycles. The molecule has 1 fully saturated rings. The lowest BCUT2D eigenvalue weighted by Gasteiger charge is -2.19. The van der Waals surface area contributed by atoms with Crippen LogP contribution in [0.5, 0.6) is 0 Å². The molecule has 1 aromatic rings. The Kier molecular flexibility index (Phi) is 4.98. The molecule has 20 heavy (non-hydrogen) atoms. The van der Waals surface area contributed by atoms with Gasteiger partial charge in [-0.2, -0.15) is 0 Å². The Balaban J connectivity index is 1.97. The van der Waals surface area contributed by atoms with Gasteiger partial charge in [-0.25, -0.2) is 0 Å². The summed E-state index contributed by atoms with van der Waals surface area (Å²) in [5.41, 5.74) is 0. The average molecular weight is 319 g/mol. The van der Waals surface area contributed by atoms with Crippen LogP contribution in [-0.2, 0) is 4.79 Å². The van der Waals surface area contributed by atoms with E-state index in [1.54, 1.807) is 17.0 Å². The summed E-state index contributed by atoms with van der Waals surface area (Å²) < 4.78 is 0.534. The smallest absolute Gasteiger partial charge is 0.321 e. The van der Waals surface area contributed by atoms with Crippen molar-refractivity contribution in [3.63, 3.8) is 0 Å². The van der Waals surface area contributed by atoms with Crippen LogP contribution in [0.1, 0.15) is 16.1 Å². The van der Waals surface area contributed by atoms with E-state index in [-0.39, 0.29) is 25.1 Å².